The minimum atomic E-state index is -0.901. The average molecular weight is 385 g/mol. The van der Waals surface area contributed by atoms with Crippen LogP contribution in [0.3, 0.4) is 0 Å². The van der Waals surface area contributed by atoms with Crippen molar-refractivity contribution >= 4 is 23.5 Å². The van der Waals surface area contributed by atoms with Crippen molar-refractivity contribution in [2.45, 2.75) is 19.1 Å². The molecule has 2 heterocycles. The zero-order valence-corrected chi connectivity index (χ0v) is 15.6. The Kier molecular flexibility index (Phi) is 4.47. The monoisotopic (exact) mass is 385 g/mol. The van der Waals surface area contributed by atoms with Gasteiger partial charge in [-0.1, -0.05) is 29.8 Å². The van der Waals surface area contributed by atoms with E-state index in [9.17, 15) is 13.6 Å². The molecule has 0 fully saturated rings. The molecular weight excluding hydrogens is 368 g/mol. The molecule has 1 aromatic heterocycles. The molecule has 0 aliphatic carbocycles. The topological polar surface area (TPSA) is 46.9 Å². The van der Waals surface area contributed by atoms with Gasteiger partial charge in [0, 0.05) is 11.1 Å². The largest absolute Gasteiger partial charge is 0.310 e. The van der Waals surface area contributed by atoms with Crippen molar-refractivity contribution in [2.75, 3.05) is 11.1 Å². The van der Waals surface area contributed by atoms with E-state index in [4.69, 9.17) is 0 Å². The molecule has 1 amide bonds. The molecule has 0 bridgehead atoms. The number of nitrogens with one attached hydrogen (secondary N) is 1. The highest BCUT2D eigenvalue weighted by atomic mass is 32.2. The number of anilines is 1. The lowest BCUT2D eigenvalue weighted by molar-refractivity contribution is -0.113. The quantitative estimate of drug-likeness (QED) is 0.704. The van der Waals surface area contributed by atoms with E-state index in [1.807, 2.05) is 38.1 Å². The molecule has 7 heteroatoms. The Morgan fingerprint density at radius 3 is 2.63 bits per heavy atom. The molecule has 1 aliphatic heterocycles. The van der Waals surface area contributed by atoms with Crippen LogP contribution >= 0.6 is 11.8 Å². The van der Waals surface area contributed by atoms with Crippen molar-refractivity contribution < 1.29 is 13.6 Å². The lowest BCUT2D eigenvalue weighted by Crippen LogP contribution is -2.15. The van der Waals surface area contributed by atoms with Crippen molar-refractivity contribution in [3.8, 4) is 5.69 Å². The standard InChI is InChI=1S/C20H17F2N3OS/c1-11-6-8-13(9-7-11)25-20-17(12(2)24-25)19(27-10-16(26)23-20)14-4-3-5-15(21)18(14)22/h3-9,19H,10H2,1-2H3,(H,23,26)/t19-/m0/s1. The molecule has 27 heavy (non-hydrogen) atoms. The molecule has 0 saturated carbocycles. The second kappa shape index (κ2) is 6.81. The molecule has 1 aliphatic rings. The molecule has 4 nitrogen and oxygen atoms in total. The summed E-state index contributed by atoms with van der Waals surface area (Å²) in [7, 11) is 0. The van der Waals surface area contributed by atoms with Crippen LogP contribution in [0.2, 0.25) is 0 Å². The van der Waals surface area contributed by atoms with E-state index >= 15 is 0 Å². The number of hydrogen-bond acceptors (Lipinski definition) is 3. The van der Waals surface area contributed by atoms with Crippen LogP contribution in [0, 0.1) is 25.5 Å². The highest BCUT2D eigenvalue weighted by Gasteiger charge is 2.32. The van der Waals surface area contributed by atoms with Crippen LogP contribution in [-0.2, 0) is 4.79 Å². The second-order valence-corrected chi connectivity index (χ2v) is 7.57. The summed E-state index contributed by atoms with van der Waals surface area (Å²) >= 11 is 1.26. The first-order valence-corrected chi connectivity index (χ1v) is 9.52. The van der Waals surface area contributed by atoms with E-state index in [2.05, 4.69) is 10.4 Å². The second-order valence-electron chi connectivity index (χ2n) is 6.48. The Balaban J connectivity index is 1.91. The van der Waals surface area contributed by atoms with Crippen molar-refractivity contribution in [1.82, 2.24) is 9.78 Å². The first kappa shape index (κ1) is 17.7. The molecule has 4 rings (SSSR count). The Morgan fingerprint density at radius 2 is 1.89 bits per heavy atom. The maximum absolute atomic E-state index is 14.5. The molecule has 0 radical (unpaired) electrons. The van der Waals surface area contributed by atoms with Gasteiger partial charge in [-0.15, -0.1) is 11.8 Å². The van der Waals surface area contributed by atoms with Gasteiger partial charge >= 0.3 is 0 Å². The average Bonchev–Trinajstić information content (AvgIpc) is 2.84. The summed E-state index contributed by atoms with van der Waals surface area (Å²) < 4.78 is 30.0. The molecule has 0 saturated heterocycles. The number of hydrogen-bond donors (Lipinski definition) is 1. The first-order chi connectivity index (χ1) is 13.0. The van der Waals surface area contributed by atoms with Crippen LogP contribution in [0.5, 0.6) is 0 Å². The molecular formula is C20H17F2N3OS. The van der Waals surface area contributed by atoms with Gasteiger partial charge in [0.15, 0.2) is 11.6 Å². The van der Waals surface area contributed by atoms with E-state index in [0.29, 0.717) is 17.1 Å². The smallest absolute Gasteiger partial charge is 0.235 e. The fourth-order valence-corrected chi connectivity index (χ4v) is 4.43. The van der Waals surface area contributed by atoms with Crippen molar-refractivity contribution in [3.05, 3.63) is 76.5 Å². The summed E-state index contributed by atoms with van der Waals surface area (Å²) in [5.74, 6) is -1.35. The summed E-state index contributed by atoms with van der Waals surface area (Å²) in [6, 6.07) is 11.8. The van der Waals surface area contributed by atoms with Crippen molar-refractivity contribution in [3.63, 3.8) is 0 Å². The zero-order chi connectivity index (χ0) is 19.1. The van der Waals surface area contributed by atoms with Gasteiger partial charge < -0.3 is 5.32 Å². The van der Waals surface area contributed by atoms with Gasteiger partial charge in [-0.05, 0) is 32.0 Å². The van der Waals surface area contributed by atoms with Gasteiger partial charge in [-0.2, -0.15) is 5.10 Å². The molecule has 3 aromatic rings. The summed E-state index contributed by atoms with van der Waals surface area (Å²) in [4.78, 5) is 12.3. The van der Waals surface area contributed by atoms with Gasteiger partial charge in [0.05, 0.1) is 22.4 Å². The van der Waals surface area contributed by atoms with E-state index in [-0.39, 0.29) is 17.2 Å². The Labute approximate surface area is 159 Å². The number of aryl methyl sites for hydroxylation is 2. The predicted molar refractivity (Wildman–Crippen MR) is 102 cm³/mol. The minimum Gasteiger partial charge on any atom is -0.310 e. The van der Waals surface area contributed by atoms with Gasteiger partial charge in [0.25, 0.3) is 0 Å². The summed E-state index contributed by atoms with van der Waals surface area (Å²) in [5, 5.41) is 6.92. The van der Waals surface area contributed by atoms with Gasteiger partial charge in [-0.3, -0.25) is 4.79 Å². The molecule has 1 atom stereocenters. The van der Waals surface area contributed by atoms with E-state index < -0.39 is 16.9 Å². The van der Waals surface area contributed by atoms with Crippen LogP contribution in [0.25, 0.3) is 5.69 Å². The normalized spacial score (nSPS) is 16.6. The van der Waals surface area contributed by atoms with Gasteiger partial charge in [0.2, 0.25) is 5.91 Å². The third kappa shape index (κ3) is 3.12. The SMILES string of the molecule is Cc1ccc(-n2nc(C)c3c2NC(=O)CS[C@H]3c2cccc(F)c2F)cc1. The summed E-state index contributed by atoms with van der Waals surface area (Å²) in [5.41, 5.74) is 3.46. The Bertz CT molecular complexity index is 1030. The first-order valence-electron chi connectivity index (χ1n) is 8.47. The van der Waals surface area contributed by atoms with Crippen molar-refractivity contribution in [2.24, 2.45) is 0 Å². The van der Waals surface area contributed by atoms with Crippen LogP contribution in [0.1, 0.15) is 27.6 Å². The number of benzene rings is 2. The third-order valence-corrected chi connectivity index (χ3v) is 5.80. The van der Waals surface area contributed by atoms with E-state index in [1.54, 1.807) is 10.7 Å². The predicted octanol–water partition coefficient (Wildman–Crippen LogP) is 4.54. The number of amides is 1. The number of fused-ring (bicyclic) bond motifs is 1. The Hall–Kier alpha value is -2.67. The minimum absolute atomic E-state index is 0.142. The number of thioether (sulfide) groups is 1. The van der Waals surface area contributed by atoms with E-state index in [0.717, 1.165) is 17.3 Å². The fourth-order valence-electron chi connectivity index (χ4n) is 3.23. The lowest BCUT2D eigenvalue weighted by atomic mass is 10.0. The number of carbonyl (C=O) groups excluding carboxylic acids is 1. The molecule has 1 N–H and O–H groups in total. The zero-order valence-electron chi connectivity index (χ0n) is 14.8. The maximum Gasteiger partial charge on any atom is 0.235 e. The van der Waals surface area contributed by atoms with Crippen molar-refractivity contribution in [1.29, 1.82) is 0 Å². The maximum atomic E-state index is 14.5. The van der Waals surface area contributed by atoms with Crippen LogP contribution in [0.15, 0.2) is 42.5 Å². The third-order valence-electron chi connectivity index (χ3n) is 4.55. The highest BCUT2D eigenvalue weighted by Crippen LogP contribution is 2.44. The number of aromatic nitrogens is 2. The molecule has 2 aromatic carbocycles. The lowest BCUT2D eigenvalue weighted by Gasteiger charge is -2.16. The number of nitrogens with zero attached hydrogens (tertiary/aromatic N) is 2. The van der Waals surface area contributed by atoms with Crippen LogP contribution in [-0.4, -0.2) is 21.4 Å². The molecule has 0 unspecified atom stereocenters. The van der Waals surface area contributed by atoms with Crippen LogP contribution in [0.4, 0.5) is 14.6 Å². The number of rotatable bonds is 2. The summed E-state index contributed by atoms with van der Waals surface area (Å²) in [6.45, 7) is 3.80. The van der Waals surface area contributed by atoms with Gasteiger partial charge in [-0.25, -0.2) is 13.5 Å². The fraction of sp³-hybridized carbons (Fsp3) is 0.200. The number of halogens is 2. The molecule has 0 spiro atoms. The van der Waals surface area contributed by atoms with E-state index in [1.165, 1.54) is 17.8 Å². The summed E-state index contributed by atoms with van der Waals surface area (Å²) in [6.07, 6.45) is 0. The van der Waals surface area contributed by atoms with Gasteiger partial charge in [0.1, 0.15) is 5.82 Å². The number of carbonyl (C=O) groups is 1. The molecule has 138 valence electrons. The Morgan fingerprint density at radius 1 is 1.15 bits per heavy atom. The highest BCUT2D eigenvalue weighted by molar-refractivity contribution is 8.00. The van der Waals surface area contributed by atoms with Crippen LogP contribution < -0.4 is 5.32 Å².